The summed E-state index contributed by atoms with van der Waals surface area (Å²) in [5, 5.41) is 17.7. The Kier molecular flexibility index (Phi) is 10.3. The summed E-state index contributed by atoms with van der Waals surface area (Å²) in [6.45, 7) is 1.54. The molecule has 0 atom stereocenters. The topological polar surface area (TPSA) is 77.4 Å². The molecule has 2 aromatic carbocycles. The first-order chi connectivity index (χ1) is 13.3. The summed E-state index contributed by atoms with van der Waals surface area (Å²) in [7, 11) is 0. The molecule has 2 aromatic rings. The largest absolute Gasteiger partial charge is 0.489 e. The molecule has 2 rings (SSSR count). The molecule has 2 N–H and O–H groups in total. The number of benzene rings is 2. The van der Waals surface area contributed by atoms with Crippen LogP contribution in [0.5, 0.6) is 23.0 Å². The van der Waals surface area contributed by atoms with Crippen LogP contribution in [-0.4, -0.2) is 61.4 Å². The summed E-state index contributed by atoms with van der Waals surface area (Å²) >= 11 is 1.73. The number of ether oxygens (including phenoxy) is 4. The lowest BCUT2D eigenvalue weighted by Gasteiger charge is -2.13. The van der Waals surface area contributed by atoms with Crippen molar-refractivity contribution < 1.29 is 29.2 Å². The zero-order chi connectivity index (χ0) is 19.2. The summed E-state index contributed by atoms with van der Waals surface area (Å²) in [5.74, 6) is 4.27. The molecule has 0 heterocycles. The maximum absolute atomic E-state index is 8.86. The van der Waals surface area contributed by atoms with Gasteiger partial charge in [0.15, 0.2) is 23.0 Å². The van der Waals surface area contributed by atoms with Crippen molar-refractivity contribution in [1.29, 1.82) is 0 Å². The number of hydrogen-bond donors (Lipinski definition) is 2. The molecule has 0 spiro atoms. The van der Waals surface area contributed by atoms with Gasteiger partial charge in [-0.3, -0.25) is 0 Å². The Morgan fingerprint density at radius 2 is 0.889 bits per heavy atom. The normalized spacial score (nSPS) is 10.4. The fourth-order valence-corrected chi connectivity index (χ4v) is 2.82. The van der Waals surface area contributed by atoms with Gasteiger partial charge in [-0.15, -0.1) is 0 Å². The van der Waals surface area contributed by atoms with E-state index in [1.807, 2.05) is 48.5 Å². The van der Waals surface area contributed by atoms with Crippen LogP contribution in [0.3, 0.4) is 0 Å². The van der Waals surface area contributed by atoms with E-state index < -0.39 is 0 Å². The minimum atomic E-state index is -0.0294. The maximum Gasteiger partial charge on any atom is 0.161 e. The van der Waals surface area contributed by atoms with Gasteiger partial charge >= 0.3 is 0 Å². The van der Waals surface area contributed by atoms with E-state index in [9.17, 15) is 0 Å². The Morgan fingerprint density at radius 3 is 1.22 bits per heavy atom. The average Bonchev–Trinajstić information content (AvgIpc) is 2.71. The first-order valence-electron chi connectivity index (χ1n) is 8.84. The summed E-state index contributed by atoms with van der Waals surface area (Å²) in [5.41, 5.74) is 0. The molecule has 0 fully saturated rings. The zero-order valence-corrected chi connectivity index (χ0v) is 16.0. The van der Waals surface area contributed by atoms with E-state index in [1.54, 1.807) is 11.8 Å². The van der Waals surface area contributed by atoms with Crippen LogP contribution in [0.2, 0.25) is 0 Å². The molecule has 7 heteroatoms. The third kappa shape index (κ3) is 7.99. The number of para-hydroxylation sites is 4. The molecular weight excluding hydrogens is 368 g/mol. The van der Waals surface area contributed by atoms with E-state index in [4.69, 9.17) is 29.2 Å². The van der Waals surface area contributed by atoms with Crippen LogP contribution in [0, 0.1) is 0 Å². The molecule has 27 heavy (non-hydrogen) atoms. The fraction of sp³-hybridized carbons (Fsp3) is 0.400. The monoisotopic (exact) mass is 394 g/mol. The SMILES string of the molecule is OCCOc1ccccc1OCCSCCOc1ccccc1OCCO. The van der Waals surface area contributed by atoms with Gasteiger partial charge in [-0.25, -0.2) is 0 Å². The summed E-state index contributed by atoms with van der Waals surface area (Å²) < 4.78 is 22.4. The van der Waals surface area contributed by atoms with Gasteiger partial charge in [-0.2, -0.15) is 11.8 Å². The highest BCUT2D eigenvalue weighted by Crippen LogP contribution is 2.27. The van der Waals surface area contributed by atoms with E-state index in [0.717, 1.165) is 11.5 Å². The maximum atomic E-state index is 8.86. The molecule has 0 amide bonds. The first-order valence-corrected chi connectivity index (χ1v) is 9.99. The van der Waals surface area contributed by atoms with Crippen LogP contribution in [0.1, 0.15) is 0 Å². The fourth-order valence-electron chi connectivity index (χ4n) is 2.21. The lowest BCUT2D eigenvalue weighted by molar-refractivity contribution is 0.194. The molecule has 0 aliphatic carbocycles. The van der Waals surface area contributed by atoms with Crippen LogP contribution in [-0.2, 0) is 0 Å². The van der Waals surface area contributed by atoms with Crippen molar-refractivity contribution >= 4 is 11.8 Å². The van der Waals surface area contributed by atoms with Gasteiger partial charge < -0.3 is 29.2 Å². The average molecular weight is 394 g/mol. The van der Waals surface area contributed by atoms with E-state index in [-0.39, 0.29) is 26.4 Å². The Hall–Kier alpha value is -2.09. The Bertz CT molecular complexity index is 596. The first kappa shape index (κ1) is 21.2. The Labute approximate surface area is 164 Å². The molecule has 0 aromatic heterocycles. The zero-order valence-electron chi connectivity index (χ0n) is 15.2. The third-order valence-electron chi connectivity index (χ3n) is 3.37. The smallest absolute Gasteiger partial charge is 0.161 e. The van der Waals surface area contributed by atoms with Gasteiger partial charge in [0.05, 0.1) is 26.4 Å². The van der Waals surface area contributed by atoms with Crippen molar-refractivity contribution in [2.45, 2.75) is 0 Å². The van der Waals surface area contributed by atoms with Crippen molar-refractivity contribution in [2.75, 3.05) is 51.1 Å². The van der Waals surface area contributed by atoms with Crippen LogP contribution < -0.4 is 18.9 Å². The molecule has 0 saturated carbocycles. The molecule has 0 saturated heterocycles. The second kappa shape index (κ2) is 13.1. The van der Waals surface area contributed by atoms with Crippen LogP contribution in [0.25, 0.3) is 0 Å². The van der Waals surface area contributed by atoms with E-state index in [1.165, 1.54) is 0 Å². The summed E-state index contributed by atoms with van der Waals surface area (Å²) in [6.07, 6.45) is 0. The third-order valence-corrected chi connectivity index (χ3v) is 4.28. The van der Waals surface area contributed by atoms with Gasteiger partial charge in [-0.1, -0.05) is 24.3 Å². The Balaban J connectivity index is 1.63. The molecule has 0 bridgehead atoms. The number of hydrogen-bond acceptors (Lipinski definition) is 7. The number of rotatable bonds is 14. The number of thioether (sulfide) groups is 1. The molecule has 0 aliphatic heterocycles. The second-order valence-corrected chi connectivity index (χ2v) is 6.57. The van der Waals surface area contributed by atoms with Crippen molar-refractivity contribution in [3.63, 3.8) is 0 Å². The minimum absolute atomic E-state index is 0.0294. The summed E-state index contributed by atoms with van der Waals surface area (Å²) in [4.78, 5) is 0. The predicted molar refractivity (Wildman–Crippen MR) is 106 cm³/mol. The van der Waals surface area contributed by atoms with Crippen molar-refractivity contribution in [3.05, 3.63) is 48.5 Å². The van der Waals surface area contributed by atoms with Crippen LogP contribution in [0.4, 0.5) is 0 Å². The molecule has 148 valence electrons. The highest BCUT2D eigenvalue weighted by atomic mass is 32.2. The number of aliphatic hydroxyl groups is 2. The Morgan fingerprint density at radius 1 is 0.556 bits per heavy atom. The standard InChI is InChI=1S/C20H26O6S/c21-9-11-23-17-5-1-3-7-19(17)25-13-15-27-16-14-26-20-8-4-2-6-18(20)24-12-10-22/h1-8,21-22H,9-16H2. The van der Waals surface area contributed by atoms with Crippen molar-refractivity contribution in [2.24, 2.45) is 0 Å². The lowest BCUT2D eigenvalue weighted by Crippen LogP contribution is -2.08. The van der Waals surface area contributed by atoms with Gasteiger partial charge in [0.2, 0.25) is 0 Å². The highest BCUT2D eigenvalue weighted by Gasteiger charge is 2.05. The predicted octanol–water partition coefficient (Wildman–Crippen LogP) is 2.62. The molecule has 6 nitrogen and oxygen atoms in total. The van der Waals surface area contributed by atoms with Gasteiger partial charge in [0.1, 0.15) is 13.2 Å². The molecular formula is C20H26O6S. The molecule has 0 aliphatic rings. The van der Waals surface area contributed by atoms with Gasteiger partial charge in [-0.05, 0) is 24.3 Å². The molecule has 0 unspecified atom stereocenters. The van der Waals surface area contributed by atoms with Gasteiger partial charge in [0, 0.05) is 11.5 Å². The highest BCUT2D eigenvalue weighted by molar-refractivity contribution is 7.99. The van der Waals surface area contributed by atoms with Crippen molar-refractivity contribution in [1.82, 2.24) is 0 Å². The van der Waals surface area contributed by atoms with Crippen LogP contribution >= 0.6 is 11.8 Å². The van der Waals surface area contributed by atoms with Crippen molar-refractivity contribution in [3.8, 4) is 23.0 Å². The molecule has 0 radical (unpaired) electrons. The van der Waals surface area contributed by atoms with Crippen LogP contribution in [0.15, 0.2) is 48.5 Å². The van der Waals surface area contributed by atoms with E-state index >= 15 is 0 Å². The lowest BCUT2D eigenvalue weighted by atomic mass is 10.3. The quantitative estimate of drug-likeness (QED) is 0.477. The van der Waals surface area contributed by atoms with Gasteiger partial charge in [0.25, 0.3) is 0 Å². The second-order valence-electron chi connectivity index (χ2n) is 5.35. The van der Waals surface area contributed by atoms with E-state index in [2.05, 4.69) is 0 Å². The number of aliphatic hydroxyl groups excluding tert-OH is 2. The van der Waals surface area contributed by atoms with E-state index in [0.29, 0.717) is 36.2 Å². The summed E-state index contributed by atoms with van der Waals surface area (Å²) in [6, 6.07) is 14.9. The minimum Gasteiger partial charge on any atom is -0.489 e.